The summed E-state index contributed by atoms with van der Waals surface area (Å²) in [6.45, 7) is 6.87. The van der Waals surface area contributed by atoms with Gasteiger partial charge in [0.1, 0.15) is 10.0 Å². The number of carbonyl (C=O) groups excluding carboxylic acids is 1. The van der Waals surface area contributed by atoms with E-state index in [-0.39, 0.29) is 17.2 Å². The molecular formula is C17H28N4OS. The summed E-state index contributed by atoms with van der Waals surface area (Å²) in [5.41, 5.74) is 6.32. The molecule has 0 spiro atoms. The Morgan fingerprint density at radius 2 is 1.91 bits per heavy atom. The van der Waals surface area contributed by atoms with Crippen LogP contribution in [0.4, 0.5) is 0 Å². The minimum atomic E-state index is 0.0108. The van der Waals surface area contributed by atoms with Gasteiger partial charge in [-0.25, -0.2) is 0 Å². The van der Waals surface area contributed by atoms with Crippen LogP contribution in [-0.2, 0) is 16.8 Å². The fourth-order valence-corrected chi connectivity index (χ4v) is 4.78. The van der Waals surface area contributed by atoms with Crippen LogP contribution in [-0.4, -0.2) is 22.1 Å². The van der Waals surface area contributed by atoms with Crippen molar-refractivity contribution < 1.29 is 4.79 Å². The van der Waals surface area contributed by atoms with Crippen molar-refractivity contribution >= 4 is 17.2 Å². The van der Waals surface area contributed by atoms with Crippen LogP contribution in [0.5, 0.6) is 0 Å². The molecule has 2 saturated carbocycles. The third-order valence-corrected chi connectivity index (χ3v) is 6.66. The maximum atomic E-state index is 12.5. The van der Waals surface area contributed by atoms with Gasteiger partial charge in [-0.1, -0.05) is 38.5 Å². The van der Waals surface area contributed by atoms with Crippen LogP contribution < -0.4 is 11.1 Å². The second-order valence-corrected chi connectivity index (χ2v) is 9.23. The molecule has 0 aromatic carbocycles. The minimum Gasteiger partial charge on any atom is -0.349 e. The molecule has 2 atom stereocenters. The molecule has 2 aliphatic carbocycles. The molecule has 0 radical (unpaired) electrons. The smallest absolute Gasteiger partial charge is 0.223 e. The Bertz CT molecular complexity index is 551. The molecule has 1 heterocycles. The summed E-state index contributed by atoms with van der Waals surface area (Å²) < 4.78 is 0. The number of nitrogens with two attached hydrogens (primary N) is 1. The van der Waals surface area contributed by atoms with Crippen molar-refractivity contribution in [2.75, 3.05) is 0 Å². The molecular weight excluding hydrogens is 308 g/mol. The van der Waals surface area contributed by atoms with Gasteiger partial charge >= 0.3 is 0 Å². The SMILES string of the molecule is CC(C)(C)c1nnc(CNC(=O)C2CC3CCCC(C2)C3N)s1. The molecule has 23 heavy (non-hydrogen) atoms. The van der Waals surface area contributed by atoms with Crippen LogP contribution in [0.25, 0.3) is 0 Å². The molecule has 2 fully saturated rings. The molecule has 2 unspecified atom stereocenters. The van der Waals surface area contributed by atoms with Gasteiger partial charge < -0.3 is 11.1 Å². The van der Waals surface area contributed by atoms with Crippen molar-refractivity contribution in [2.45, 2.75) is 70.9 Å². The monoisotopic (exact) mass is 336 g/mol. The predicted molar refractivity (Wildman–Crippen MR) is 92.0 cm³/mol. The maximum Gasteiger partial charge on any atom is 0.223 e. The van der Waals surface area contributed by atoms with E-state index in [1.165, 1.54) is 19.3 Å². The van der Waals surface area contributed by atoms with Gasteiger partial charge in [-0.05, 0) is 37.5 Å². The van der Waals surface area contributed by atoms with Crippen LogP contribution in [0.2, 0.25) is 0 Å². The van der Waals surface area contributed by atoms with Gasteiger partial charge in [0.2, 0.25) is 5.91 Å². The lowest BCUT2D eigenvalue weighted by Gasteiger charge is -2.43. The Balaban J connectivity index is 1.55. The molecule has 6 heteroatoms. The standard InChI is InChI=1S/C17H28N4OS/c1-17(2,3)16-21-20-13(23-16)9-19-15(22)12-7-10-5-4-6-11(8-12)14(10)18/h10-12,14H,4-9,18H2,1-3H3,(H,19,22). The first-order valence-corrected chi connectivity index (χ1v) is 9.52. The fraction of sp³-hybridized carbons (Fsp3) is 0.824. The molecule has 0 saturated heterocycles. The predicted octanol–water partition coefficient (Wildman–Crippen LogP) is 2.61. The number of rotatable bonds is 3. The van der Waals surface area contributed by atoms with Crippen molar-refractivity contribution in [1.82, 2.24) is 15.5 Å². The first kappa shape index (κ1) is 16.8. The zero-order valence-electron chi connectivity index (χ0n) is 14.3. The molecule has 1 amide bonds. The summed E-state index contributed by atoms with van der Waals surface area (Å²) in [5.74, 6) is 1.36. The largest absolute Gasteiger partial charge is 0.349 e. The second kappa shape index (κ2) is 6.48. The topological polar surface area (TPSA) is 80.9 Å². The molecule has 1 aromatic rings. The third kappa shape index (κ3) is 3.74. The quantitative estimate of drug-likeness (QED) is 0.889. The van der Waals surface area contributed by atoms with E-state index in [2.05, 4.69) is 36.3 Å². The highest BCUT2D eigenvalue weighted by Crippen LogP contribution is 2.41. The zero-order chi connectivity index (χ0) is 16.6. The van der Waals surface area contributed by atoms with E-state index in [4.69, 9.17) is 5.73 Å². The van der Waals surface area contributed by atoms with E-state index in [0.29, 0.717) is 24.4 Å². The summed E-state index contributed by atoms with van der Waals surface area (Å²) in [6.07, 6.45) is 5.55. The second-order valence-electron chi connectivity index (χ2n) is 8.17. The van der Waals surface area contributed by atoms with Crippen molar-refractivity contribution in [3.63, 3.8) is 0 Å². The molecule has 2 bridgehead atoms. The van der Waals surface area contributed by atoms with E-state index in [9.17, 15) is 4.79 Å². The lowest BCUT2D eigenvalue weighted by Crippen LogP contribution is -2.49. The number of fused-ring (bicyclic) bond motifs is 2. The Labute approximate surface area is 142 Å². The minimum absolute atomic E-state index is 0.0108. The normalized spacial score (nSPS) is 31.0. The van der Waals surface area contributed by atoms with Gasteiger partial charge in [0.05, 0.1) is 6.54 Å². The van der Waals surface area contributed by atoms with Crippen molar-refractivity contribution in [3.05, 3.63) is 10.0 Å². The number of aromatic nitrogens is 2. The first-order valence-electron chi connectivity index (χ1n) is 8.70. The highest BCUT2D eigenvalue weighted by molar-refractivity contribution is 7.11. The van der Waals surface area contributed by atoms with Crippen LogP contribution >= 0.6 is 11.3 Å². The van der Waals surface area contributed by atoms with Crippen molar-refractivity contribution in [3.8, 4) is 0 Å². The first-order chi connectivity index (χ1) is 10.8. The molecule has 128 valence electrons. The van der Waals surface area contributed by atoms with Gasteiger partial charge in [0.15, 0.2) is 0 Å². The summed E-state index contributed by atoms with van der Waals surface area (Å²) in [6, 6.07) is 0.310. The van der Waals surface area contributed by atoms with E-state index in [1.54, 1.807) is 11.3 Å². The van der Waals surface area contributed by atoms with Gasteiger partial charge in [-0.3, -0.25) is 4.79 Å². The summed E-state index contributed by atoms with van der Waals surface area (Å²) in [4.78, 5) is 12.5. The summed E-state index contributed by atoms with van der Waals surface area (Å²) >= 11 is 1.59. The van der Waals surface area contributed by atoms with Crippen LogP contribution in [0.3, 0.4) is 0 Å². The summed E-state index contributed by atoms with van der Waals surface area (Å²) in [7, 11) is 0. The van der Waals surface area contributed by atoms with E-state index in [0.717, 1.165) is 22.9 Å². The van der Waals surface area contributed by atoms with E-state index in [1.807, 2.05) is 0 Å². The van der Waals surface area contributed by atoms with Gasteiger partial charge in [0, 0.05) is 17.4 Å². The lowest BCUT2D eigenvalue weighted by molar-refractivity contribution is -0.128. The maximum absolute atomic E-state index is 12.5. The number of hydrogen-bond acceptors (Lipinski definition) is 5. The number of carbonyl (C=O) groups is 1. The Kier molecular flexibility index (Phi) is 4.74. The Hall–Kier alpha value is -1.01. The molecule has 1 aromatic heterocycles. The highest BCUT2D eigenvalue weighted by atomic mass is 32.1. The average Bonchev–Trinajstić information content (AvgIpc) is 2.93. The van der Waals surface area contributed by atoms with Gasteiger partial charge in [-0.15, -0.1) is 10.2 Å². The Morgan fingerprint density at radius 1 is 1.26 bits per heavy atom. The summed E-state index contributed by atoms with van der Waals surface area (Å²) in [5, 5.41) is 13.4. The van der Waals surface area contributed by atoms with Gasteiger partial charge in [0.25, 0.3) is 0 Å². The van der Waals surface area contributed by atoms with Crippen molar-refractivity contribution in [2.24, 2.45) is 23.5 Å². The van der Waals surface area contributed by atoms with Crippen LogP contribution in [0.1, 0.15) is 62.9 Å². The molecule has 5 nitrogen and oxygen atoms in total. The molecule has 0 aliphatic heterocycles. The molecule has 2 aliphatic rings. The molecule has 3 N–H and O–H groups in total. The average molecular weight is 337 g/mol. The highest BCUT2D eigenvalue weighted by Gasteiger charge is 2.40. The number of amides is 1. The molecule has 3 rings (SSSR count). The Morgan fingerprint density at radius 3 is 2.48 bits per heavy atom. The van der Waals surface area contributed by atoms with Crippen molar-refractivity contribution in [1.29, 1.82) is 0 Å². The van der Waals surface area contributed by atoms with E-state index < -0.39 is 0 Å². The van der Waals surface area contributed by atoms with E-state index >= 15 is 0 Å². The number of hydrogen-bond donors (Lipinski definition) is 2. The number of nitrogens with zero attached hydrogens (tertiary/aromatic N) is 2. The zero-order valence-corrected chi connectivity index (χ0v) is 15.2. The number of nitrogens with one attached hydrogen (secondary N) is 1. The van der Waals surface area contributed by atoms with Crippen LogP contribution in [0.15, 0.2) is 0 Å². The third-order valence-electron chi connectivity index (χ3n) is 5.31. The fourth-order valence-electron chi connectivity index (χ4n) is 3.94. The lowest BCUT2D eigenvalue weighted by atomic mass is 9.65. The van der Waals surface area contributed by atoms with Gasteiger partial charge in [-0.2, -0.15) is 0 Å². The van der Waals surface area contributed by atoms with Crippen LogP contribution in [0, 0.1) is 17.8 Å².